The molecule has 0 saturated heterocycles. The number of nitrogens with one attached hydrogen (secondary N) is 2. The highest BCUT2D eigenvalue weighted by molar-refractivity contribution is 5.93. The summed E-state index contributed by atoms with van der Waals surface area (Å²) in [5, 5.41) is 10.7. The van der Waals surface area contributed by atoms with E-state index in [1.165, 1.54) is 11.3 Å². The van der Waals surface area contributed by atoms with Crippen molar-refractivity contribution in [2.75, 3.05) is 7.05 Å². The molecular formula is C19H28N4O. The molecule has 1 unspecified atom stereocenters. The number of aromatic nitrogens is 2. The molecule has 130 valence electrons. The van der Waals surface area contributed by atoms with Crippen LogP contribution in [0.3, 0.4) is 0 Å². The molecule has 1 heterocycles. The Morgan fingerprint density at radius 2 is 1.88 bits per heavy atom. The van der Waals surface area contributed by atoms with Crippen molar-refractivity contribution in [3.05, 3.63) is 52.8 Å². The van der Waals surface area contributed by atoms with E-state index < -0.39 is 0 Å². The first kappa shape index (κ1) is 18.2. The Bertz CT molecular complexity index is 695. The summed E-state index contributed by atoms with van der Waals surface area (Å²) in [7, 11) is 1.64. The Kier molecular flexibility index (Phi) is 5.44. The molecular weight excluding hydrogens is 300 g/mol. The topological polar surface area (TPSA) is 59.0 Å². The van der Waals surface area contributed by atoms with Gasteiger partial charge in [0.2, 0.25) is 0 Å². The lowest BCUT2D eigenvalue weighted by Gasteiger charge is -2.22. The monoisotopic (exact) mass is 328 g/mol. The Morgan fingerprint density at radius 1 is 1.25 bits per heavy atom. The molecule has 1 aromatic heterocycles. The molecule has 24 heavy (non-hydrogen) atoms. The van der Waals surface area contributed by atoms with Gasteiger partial charge in [-0.25, -0.2) is 0 Å². The fraction of sp³-hybridized carbons (Fsp3) is 0.474. The Hall–Kier alpha value is -2.14. The average molecular weight is 328 g/mol. The maximum Gasteiger partial charge on any atom is 0.251 e. The maximum absolute atomic E-state index is 11.6. The van der Waals surface area contributed by atoms with Gasteiger partial charge in [0.15, 0.2) is 0 Å². The summed E-state index contributed by atoms with van der Waals surface area (Å²) in [6.45, 7) is 11.5. The van der Waals surface area contributed by atoms with Gasteiger partial charge in [0.25, 0.3) is 5.91 Å². The number of carbonyl (C=O) groups is 1. The number of benzene rings is 1. The molecule has 0 aliphatic carbocycles. The largest absolute Gasteiger partial charge is 0.355 e. The zero-order valence-electron chi connectivity index (χ0n) is 15.5. The van der Waals surface area contributed by atoms with E-state index in [2.05, 4.69) is 55.0 Å². The number of hydrogen-bond acceptors (Lipinski definition) is 3. The minimum absolute atomic E-state index is 0.0161. The number of amides is 1. The predicted molar refractivity (Wildman–Crippen MR) is 97.0 cm³/mol. The van der Waals surface area contributed by atoms with Gasteiger partial charge in [-0.2, -0.15) is 5.10 Å². The van der Waals surface area contributed by atoms with Gasteiger partial charge in [-0.15, -0.1) is 0 Å². The Labute approximate surface area is 144 Å². The summed E-state index contributed by atoms with van der Waals surface area (Å²) in [5.41, 5.74) is 4.22. The molecule has 0 saturated carbocycles. The number of hydrogen-bond donors (Lipinski definition) is 2. The number of nitrogens with zero attached hydrogens (tertiary/aromatic N) is 2. The van der Waals surface area contributed by atoms with Crippen LogP contribution >= 0.6 is 0 Å². The van der Waals surface area contributed by atoms with Crippen LogP contribution in [0.5, 0.6) is 0 Å². The molecule has 2 aromatic rings. The van der Waals surface area contributed by atoms with Gasteiger partial charge in [-0.1, -0.05) is 12.1 Å². The van der Waals surface area contributed by atoms with Crippen LogP contribution in [0.1, 0.15) is 60.9 Å². The zero-order valence-corrected chi connectivity index (χ0v) is 15.5. The summed E-state index contributed by atoms with van der Waals surface area (Å²) >= 11 is 0. The highest BCUT2D eigenvalue weighted by Crippen LogP contribution is 2.23. The zero-order chi connectivity index (χ0) is 17.9. The third kappa shape index (κ3) is 4.03. The first-order valence-electron chi connectivity index (χ1n) is 8.33. The lowest BCUT2D eigenvalue weighted by molar-refractivity contribution is 0.0963. The number of rotatable bonds is 5. The average Bonchev–Trinajstić information content (AvgIpc) is 2.94. The van der Waals surface area contributed by atoms with E-state index >= 15 is 0 Å². The summed E-state index contributed by atoms with van der Waals surface area (Å²) in [5.74, 6) is -0.0619. The molecule has 5 nitrogen and oxygen atoms in total. The van der Waals surface area contributed by atoms with Gasteiger partial charge in [-0.05, 0) is 52.3 Å². The van der Waals surface area contributed by atoms with E-state index in [9.17, 15) is 4.79 Å². The Balaban J connectivity index is 2.02. The smallest absolute Gasteiger partial charge is 0.251 e. The van der Waals surface area contributed by atoms with E-state index in [4.69, 9.17) is 0 Å². The molecule has 2 rings (SSSR count). The molecule has 0 bridgehead atoms. The first-order chi connectivity index (χ1) is 11.2. The minimum Gasteiger partial charge on any atom is -0.355 e. The van der Waals surface area contributed by atoms with E-state index in [1.807, 2.05) is 30.5 Å². The standard InChI is InChI=1S/C19H28N4O/c1-13(17-12-22-23(14(17)2)19(3,4)5)21-11-15-7-9-16(10-8-15)18(24)20-6/h7-10,12-13,21H,11H2,1-6H3,(H,20,24). The molecule has 1 aromatic carbocycles. The highest BCUT2D eigenvalue weighted by Gasteiger charge is 2.20. The van der Waals surface area contributed by atoms with Crippen LogP contribution in [0.25, 0.3) is 0 Å². The van der Waals surface area contributed by atoms with Crippen LogP contribution in [0, 0.1) is 6.92 Å². The third-order valence-corrected chi connectivity index (χ3v) is 4.21. The lowest BCUT2D eigenvalue weighted by atomic mass is 10.1. The normalized spacial score (nSPS) is 12.9. The fourth-order valence-corrected chi connectivity index (χ4v) is 2.82. The minimum atomic E-state index is -0.0619. The van der Waals surface area contributed by atoms with Crippen molar-refractivity contribution in [3.8, 4) is 0 Å². The molecule has 2 N–H and O–H groups in total. The second-order valence-electron chi connectivity index (χ2n) is 7.15. The van der Waals surface area contributed by atoms with E-state index in [0.29, 0.717) is 5.56 Å². The molecule has 0 aliphatic rings. The summed E-state index contributed by atoms with van der Waals surface area (Å²) in [6.07, 6.45) is 1.95. The van der Waals surface area contributed by atoms with Gasteiger partial charge < -0.3 is 10.6 Å². The van der Waals surface area contributed by atoms with Crippen molar-refractivity contribution >= 4 is 5.91 Å². The van der Waals surface area contributed by atoms with Crippen LogP contribution in [0.15, 0.2) is 30.5 Å². The van der Waals surface area contributed by atoms with E-state index in [-0.39, 0.29) is 17.5 Å². The predicted octanol–water partition coefficient (Wildman–Crippen LogP) is 3.16. The molecule has 1 amide bonds. The maximum atomic E-state index is 11.6. The van der Waals surface area contributed by atoms with Gasteiger partial charge >= 0.3 is 0 Å². The molecule has 1 atom stereocenters. The fourth-order valence-electron chi connectivity index (χ4n) is 2.82. The first-order valence-corrected chi connectivity index (χ1v) is 8.33. The van der Waals surface area contributed by atoms with Crippen molar-refractivity contribution in [2.45, 2.75) is 52.7 Å². The number of carbonyl (C=O) groups excluding carboxylic acids is 1. The van der Waals surface area contributed by atoms with Crippen molar-refractivity contribution < 1.29 is 4.79 Å². The highest BCUT2D eigenvalue weighted by atomic mass is 16.1. The van der Waals surface area contributed by atoms with Gasteiger partial charge in [-0.3, -0.25) is 9.48 Å². The second-order valence-corrected chi connectivity index (χ2v) is 7.15. The van der Waals surface area contributed by atoms with Crippen LogP contribution in [0.4, 0.5) is 0 Å². The SMILES string of the molecule is CNC(=O)c1ccc(CNC(C)c2cnn(C(C)(C)C)c2C)cc1. The second kappa shape index (κ2) is 7.18. The summed E-state index contributed by atoms with van der Waals surface area (Å²) < 4.78 is 2.07. The van der Waals surface area contributed by atoms with Gasteiger partial charge in [0, 0.05) is 36.5 Å². The molecule has 5 heteroatoms. The third-order valence-electron chi connectivity index (χ3n) is 4.21. The van der Waals surface area contributed by atoms with Gasteiger partial charge in [0.05, 0.1) is 11.7 Å². The van der Waals surface area contributed by atoms with Crippen LogP contribution in [0.2, 0.25) is 0 Å². The van der Waals surface area contributed by atoms with E-state index in [0.717, 1.165) is 12.1 Å². The van der Waals surface area contributed by atoms with Crippen LogP contribution in [-0.2, 0) is 12.1 Å². The van der Waals surface area contributed by atoms with E-state index in [1.54, 1.807) is 7.05 Å². The van der Waals surface area contributed by atoms with Crippen molar-refractivity contribution in [1.29, 1.82) is 0 Å². The molecule has 0 radical (unpaired) electrons. The van der Waals surface area contributed by atoms with Crippen molar-refractivity contribution in [3.63, 3.8) is 0 Å². The molecule has 0 spiro atoms. The van der Waals surface area contributed by atoms with Crippen molar-refractivity contribution in [2.24, 2.45) is 0 Å². The van der Waals surface area contributed by atoms with Crippen LogP contribution < -0.4 is 10.6 Å². The lowest BCUT2D eigenvalue weighted by Crippen LogP contribution is -2.25. The van der Waals surface area contributed by atoms with Gasteiger partial charge in [0.1, 0.15) is 0 Å². The summed E-state index contributed by atoms with van der Waals surface area (Å²) in [6, 6.07) is 7.87. The van der Waals surface area contributed by atoms with Crippen LogP contribution in [-0.4, -0.2) is 22.7 Å². The summed E-state index contributed by atoms with van der Waals surface area (Å²) in [4.78, 5) is 11.6. The molecule has 0 aliphatic heterocycles. The van der Waals surface area contributed by atoms with Crippen molar-refractivity contribution in [1.82, 2.24) is 20.4 Å². The molecule has 0 fully saturated rings. The quantitative estimate of drug-likeness (QED) is 0.886. The Morgan fingerprint density at radius 3 is 2.38 bits per heavy atom.